The van der Waals surface area contributed by atoms with Gasteiger partial charge in [-0.25, -0.2) is 13.2 Å². The topological polar surface area (TPSA) is 111 Å². The standard InChI is InChI=1S/C23H35N3O5S2/c1-21(2,3)31-20(27)26-12-10-23(11-13-26)15-16-14-17(25-33(7,29)30)8-9-18(16)19(23)24-32(28)22(4,5)6/h8-9,14,25H,10-13,15H2,1-7H3. The minimum atomic E-state index is -3.40. The van der Waals surface area contributed by atoms with Crippen molar-refractivity contribution >= 4 is 38.9 Å². The van der Waals surface area contributed by atoms with E-state index < -0.39 is 31.7 Å². The second kappa shape index (κ2) is 8.78. The summed E-state index contributed by atoms with van der Waals surface area (Å²) >= 11 is -1.44. The molecule has 10 heteroatoms. The van der Waals surface area contributed by atoms with E-state index in [0.29, 0.717) is 38.0 Å². The van der Waals surface area contributed by atoms with Crippen LogP contribution in [0.25, 0.3) is 0 Å². The summed E-state index contributed by atoms with van der Waals surface area (Å²) in [5.74, 6) is 0. The number of amides is 1. The van der Waals surface area contributed by atoms with Crippen LogP contribution in [0.1, 0.15) is 65.5 Å². The predicted octanol–water partition coefficient (Wildman–Crippen LogP) is 3.88. The van der Waals surface area contributed by atoms with Crippen molar-refractivity contribution in [3.8, 4) is 0 Å². The zero-order valence-electron chi connectivity index (χ0n) is 20.5. The van der Waals surface area contributed by atoms with Gasteiger partial charge in [-0.3, -0.25) is 4.72 Å². The number of benzene rings is 1. The van der Waals surface area contributed by atoms with Gasteiger partial charge >= 0.3 is 6.09 Å². The van der Waals surface area contributed by atoms with Gasteiger partial charge in [0.05, 0.1) is 6.26 Å². The van der Waals surface area contributed by atoms with Crippen LogP contribution < -0.4 is 4.72 Å². The third-order valence-corrected chi connectivity index (χ3v) is 7.77. The molecule has 33 heavy (non-hydrogen) atoms. The summed E-state index contributed by atoms with van der Waals surface area (Å²) in [6, 6.07) is 5.40. The molecule has 0 radical (unpaired) electrons. The molecule has 8 nitrogen and oxygen atoms in total. The molecule has 1 aliphatic heterocycles. The fourth-order valence-corrected chi connectivity index (χ4v) is 5.49. The third kappa shape index (κ3) is 6.22. The van der Waals surface area contributed by atoms with Gasteiger partial charge < -0.3 is 14.2 Å². The number of hydrogen-bond donors (Lipinski definition) is 1. The lowest BCUT2D eigenvalue weighted by molar-refractivity contribution is 0.0159. The Kier molecular flexibility index (Phi) is 6.87. The van der Waals surface area contributed by atoms with E-state index in [4.69, 9.17) is 9.13 Å². The van der Waals surface area contributed by atoms with Crippen molar-refractivity contribution in [2.24, 2.45) is 9.81 Å². The van der Waals surface area contributed by atoms with Crippen molar-refractivity contribution in [1.82, 2.24) is 4.90 Å². The lowest BCUT2D eigenvalue weighted by Crippen LogP contribution is -2.47. The Bertz CT molecular complexity index is 1050. The predicted molar refractivity (Wildman–Crippen MR) is 133 cm³/mol. The van der Waals surface area contributed by atoms with Crippen molar-refractivity contribution in [3.05, 3.63) is 29.3 Å². The van der Waals surface area contributed by atoms with E-state index >= 15 is 0 Å². The summed E-state index contributed by atoms with van der Waals surface area (Å²) in [7, 11) is -3.40. The van der Waals surface area contributed by atoms with Crippen LogP contribution in [0.15, 0.2) is 22.6 Å². The van der Waals surface area contributed by atoms with Gasteiger partial charge in [0.2, 0.25) is 10.0 Å². The summed E-state index contributed by atoms with van der Waals surface area (Å²) in [5.41, 5.74) is 2.24. The number of anilines is 1. The van der Waals surface area contributed by atoms with Crippen LogP contribution in [0.5, 0.6) is 0 Å². The largest absolute Gasteiger partial charge is 0.591 e. The van der Waals surface area contributed by atoms with E-state index in [0.717, 1.165) is 23.1 Å². The Morgan fingerprint density at radius 3 is 2.30 bits per heavy atom. The van der Waals surface area contributed by atoms with Crippen LogP contribution in [0.3, 0.4) is 0 Å². The zero-order chi connectivity index (χ0) is 24.8. The maximum Gasteiger partial charge on any atom is 0.410 e. The van der Waals surface area contributed by atoms with E-state index in [9.17, 15) is 17.8 Å². The number of ether oxygens (including phenoxy) is 1. The van der Waals surface area contributed by atoms with Crippen molar-refractivity contribution in [3.63, 3.8) is 0 Å². The third-order valence-electron chi connectivity index (χ3n) is 5.77. The molecule has 1 aromatic carbocycles. The Hall–Kier alpha value is -1.78. The summed E-state index contributed by atoms with van der Waals surface area (Å²) in [5, 5.41) is 0. The molecule has 1 atom stereocenters. The normalized spacial score (nSPS) is 20.6. The Balaban J connectivity index is 1.93. The van der Waals surface area contributed by atoms with E-state index in [1.54, 1.807) is 11.0 Å². The Morgan fingerprint density at radius 2 is 1.79 bits per heavy atom. The van der Waals surface area contributed by atoms with Gasteiger partial charge in [0, 0.05) is 29.8 Å². The first-order valence-electron chi connectivity index (χ1n) is 11.1. The number of nitrogens with one attached hydrogen (secondary N) is 1. The minimum Gasteiger partial charge on any atom is -0.591 e. The van der Waals surface area contributed by atoms with Crippen LogP contribution in [-0.4, -0.2) is 59.4 Å². The highest BCUT2D eigenvalue weighted by atomic mass is 32.2. The number of likely N-dealkylation sites (tertiary alicyclic amines) is 1. The number of nitrogens with zero attached hydrogens (tertiary/aromatic N) is 2. The molecule has 1 unspecified atom stereocenters. The van der Waals surface area contributed by atoms with Gasteiger partial charge in [-0.05, 0) is 78.5 Å². The molecule has 1 fully saturated rings. The van der Waals surface area contributed by atoms with Crippen LogP contribution >= 0.6 is 0 Å². The highest BCUT2D eigenvalue weighted by Crippen LogP contribution is 2.46. The van der Waals surface area contributed by atoms with Crippen LogP contribution in [0.4, 0.5) is 10.5 Å². The van der Waals surface area contributed by atoms with Gasteiger partial charge in [-0.1, -0.05) is 10.5 Å². The van der Waals surface area contributed by atoms with Gasteiger partial charge in [0.1, 0.15) is 27.4 Å². The van der Waals surface area contributed by atoms with Crippen molar-refractivity contribution < 1.29 is 22.5 Å². The fourth-order valence-electron chi connectivity index (χ4n) is 4.21. The highest BCUT2D eigenvalue weighted by Gasteiger charge is 2.48. The van der Waals surface area contributed by atoms with Crippen LogP contribution in [0, 0.1) is 5.41 Å². The summed E-state index contributed by atoms with van der Waals surface area (Å²) in [6.07, 6.45) is 2.77. The van der Waals surface area contributed by atoms with E-state index in [2.05, 4.69) is 4.72 Å². The van der Waals surface area contributed by atoms with E-state index in [-0.39, 0.29) is 11.5 Å². The summed E-state index contributed by atoms with van der Waals surface area (Å²) in [6.45, 7) is 12.2. The lowest BCUT2D eigenvalue weighted by Gasteiger charge is -2.39. The number of piperidine rings is 1. The molecule has 1 N–H and O–H groups in total. The number of rotatable bonds is 3. The molecule has 1 amide bonds. The Labute approximate surface area is 200 Å². The SMILES string of the molecule is CC(C)(C)OC(=O)N1CCC2(CC1)Cc1cc(NS(C)(=O)=O)ccc1C2=N[S+]([O-])C(C)(C)C. The minimum absolute atomic E-state index is 0.329. The molecule has 0 aromatic heterocycles. The first-order valence-corrected chi connectivity index (χ1v) is 14.1. The van der Waals surface area contributed by atoms with E-state index in [1.807, 2.05) is 53.7 Å². The second-order valence-electron chi connectivity index (χ2n) is 11.0. The number of carbonyl (C=O) groups excluding carboxylic acids is 1. The monoisotopic (exact) mass is 497 g/mol. The number of fused-ring (bicyclic) bond motifs is 1. The first kappa shape index (κ1) is 25.8. The molecular weight excluding hydrogens is 462 g/mol. The summed E-state index contributed by atoms with van der Waals surface area (Å²) < 4.78 is 48.6. The molecule has 1 aromatic rings. The lowest BCUT2D eigenvalue weighted by atomic mass is 9.74. The molecule has 1 aliphatic carbocycles. The van der Waals surface area contributed by atoms with Crippen molar-refractivity contribution in [1.29, 1.82) is 0 Å². The van der Waals surface area contributed by atoms with Gasteiger partial charge in [-0.15, -0.1) is 0 Å². The van der Waals surface area contributed by atoms with Gasteiger partial charge in [0.15, 0.2) is 0 Å². The van der Waals surface area contributed by atoms with E-state index in [1.165, 1.54) is 0 Å². The molecule has 1 saturated heterocycles. The first-order chi connectivity index (χ1) is 15.0. The molecule has 0 bridgehead atoms. The number of hydrogen-bond acceptors (Lipinski definition) is 6. The Morgan fingerprint density at radius 1 is 1.18 bits per heavy atom. The maximum absolute atomic E-state index is 13.0. The number of sulfonamides is 1. The molecular formula is C23H35N3O5S2. The van der Waals surface area contributed by atoms with Crippen LogP contribution in [0.2, 0.25) is 0 Å². The molecule has 184 valence electrons. The number of carbonyl (C=O) groups is 1. The molecule has 2 aliphatic rings. The fraction of sp³-hybridized carbons (Fsp3) is 0.652. The average molecular weight is 498 g/mol. The molecule has 3 rings (SSSR count). The zero-order valence-corrected chi connectivity index (χ0v) is 22.2. The molecule has 1 heterocycles. The van der Waals surface area contributed by atoms with Gasteiger partial charge in [-0.2, -0.15) is 0 Å². The summed E-state index contributed by atoms with van der Waals surface area (Å²) in [4.78, 5) is 14.3. The maximum atomic E-state index is 13.0. The van der Waals surface area contributed by atoms with Gasteiger partial charge in [0.25, 0.3) is 0 Å². The average Bonchev–Trinajstić information content (AvgIpc) is 2.91. The van der Waals surface area contributed by atoms with Crippen molar-refractivity contribution in [2.75, 3.05) is 24.1 Å². The highest BCUT2D eigenvalue weighted by molar-refractivity contribution is 7.92. The van der Waals surface area contributed by atoms with Crippen LogP contribution in [-0.2, 0) is 32.5 Å². The van der Waals surface area contributed by atoms with Crippen molar-refractivity contribution in [2.45, 2.75) is 71.2 Å². The smallest absolute Gasteiger partial charge is 0.410 e. The molecule has 0 saturated carbocycles. The molecule has 1 spiro atoms. The second-order valence-corrected chi connectivity index (χ2v) is 14.6. The quantitative estimate of drug-likeness (QED) is 0.637.